The smallest absolute Gasteiger partial charge is 0.322 e. The highest BCUT2D eigenvalue weighted by Crippen LogP contribution is 2.25. The molecule has 1 aliphatic carbocycles. The second kappa shape index (κ2) is 5.98. The van der Waals surface area contributed by atoms with Crippen molar-refractivity contribution in [1.82, 2.24) is 4.72 Å². The summed E-state index contributed by atoms with van der Waals surface area (Å²) in [6.45, 7) is 1.76. The standard InChI is InChI=1S/C10H16N2O4S/c1-2-16-10(13)7-17(14,15)12-9-5-3-4-8(9)6-11/h8-9,12H,2-5,7H2,1H3. The lowest BCUT2D eigenvalue weighted by atomic mass is 10.1. The Bertz CT molecular complexity index is 413. The van der Waals surface area contributed by atoms with Crippen LogP contribution in [0.2, 0.25) is 0 Å². The van der Waals surface area contributed by atoms with E-state index in [0.29, 0.717) is 12.8 Å². The Kier molecular flexibility index (Phi) is 4.90. The molecule has 7 heteroatoms. The Morgan fingerprint density at radius 3 is 2.82 bits per heavy atom. The first-order valence-corrected chi connectivity index (χ1v) is 7.19. The molecule has 0 saturated heterocycles. The largest absolute Gasteiger partial charge is 0.465 e. The third-order valence-electron chi connectivity index (χ3n) is 2.63. The van der Waals surface area contributed by atoms with Crippen LogP contribution in [0.4, 0.5) is 0 Å². The molecule has 2 unspecified atom stereocenters. The summed E-state index contributed by atoms with van der Waals surface area (Å²) in [5, 5.41) is 8.82. The monoisotopic (exact) mass is 260 g/mol. The zero-order valence-corrected chi connectivity index (χ0v) is 10.5. The minimum absolute atomic E-state index is 0.151. The third kappa shape index (κ3) is 4.32. The van der Waals surface area contributed by atoms with Crippen LogP contribution in [0.1, 0.15) is 26.2 Å². The molecule has 0 amide bonds. The number of nitrogens with one attached hydrogen (secondary N) is 1. The molecule has 0 radical (unpaired) electrons. The zero-order valence-electron chi connectivity index (χ0n) is 9.68. The van der Waals surface area contributed by atoms with Crippen LogP contribution < -0.4 is 4.72 Å². The van der Waals surface area contributed by atoms with Gasteiger partial charge in [-0.25, -0.2) is 13.1 Å². The Hall–Kier alpha value is -1.13. The van der Waals surface area contributed by atoms with Gasteiger partial charge in [-0.1, -0.05) is 6.42 Å². The highest BCUT2D eigenvalue weighted by Gasteiger charge is 2.31. The number of nitrogens with zero attached hydrogens (tertiary/aromatic N) is 1. The van der Waals surface area contributed by atoms with Gasteiger partial charge in [-0.2, -0.15) is 5.26 Å². The normalized spacial score (nSPS) is 24.2. The van der Waals surface area contributed by atoms with Gasteiger partial charge in [-0.15, -0.1) is 0 Å². The van der Waals surface area contributed by atoms with Crippen LogP contribution in [0.25, 0.3) is 0 Å². The van der Waals surface area contributed by atoms with E-state index in [0.717, 1.165) is 6.42 Å². The van der Waals surface area contributed by atoms with Crippen molar-refractivity contribution in [3.05, 3.63) is 0 Å². The van der Waals surface area contributed by atoms with Crippen LogP contribution in [0.5, 0.6) is 0 Å². The third-order valence-corrected chi connectivity index (χ3v) is 3.90. The van der Waals surface area contributed by atoms with Crippen molar-refractivity contribution in [2.75, 3.05) is 12.4 Å². The molecule has 1 N–H and O–H groups in total. The van der Waals surface area contributed by atoms with Crippen LogP contribution in [0, 0.1) is 17.2 Å². The molecule has 0 aromatic rings. The maximum atomic E-state index is 11.6. The molecule has 0 aliphatic heterocycles. The Morgan fingerprint density at radius 1 is 1.53 bits per heavy atom. The number of nitriles is 1. The van der Waals surface area contributed by atoms with E-state index in [2.05, 4.69) is 15.5 Å². The van der Waals surface area contributed by atoms with E-state index >= 15 is 0 Å². The van der Waals surface area contributed by atoms with E-state index < -0.39 is 21.7 Å². The fourth-order valence-corrected chi connectivity index (χ4v) is 3.11. The van der Waals surface area contributed by atoms with Crippen molar-refractivity contribution < 1.29 is 17.9 Å². The lowest BCUT2D eigenvalue weighted by Gasteiger charge is -2.15. The second-order valence-corrected chi connectivity index (χ2v) is 5.71. The summed E-state index contributed by atoms with van der Waals surface area (Å²) in [7, 11) is -3.71. The lowest BCUT2D eigenvalue weighted by molar-refractivity contribution is -0.139. The summed E-state index contributed by atoms with van der Waals surface area (Å²) in [6, 6.07) is 1.70. The first kappa shape index (κ1) is 13.9. The van der Waals surface area contributed by atoms with E-state index in [4.69, 9.17) is 5.26 Å². The molecule has 0 aromatic carbocycles. The van der Waals surface area contributed by atoms with Gasteiger partial charge in [0.05, 0.1) is 18.6 Å². The second-order valence-electron chi connectivity index (χ2n) is 3.95. The summed E-state index contributed by atoms with van der Waals surface area (Å²) in [4.78, 5) is 11.1. The quantitative estimate of drug-likeness (QED) is 0.710. The van der Waals surface area contributed by atoms with E-state index in [1.54, 1.807) is 6.92 Å². The van der Waals surface area contributed by atoms with Gasteiger partial charge in [-0.3, -0.25) is 4.79 Å². The molecular weight excluding hydrogens is 244 g/mol. The first-order valence-electron chi connectivity index (χ1n) is 5.53. The van der Waals surface area contributed by atoms with Crippen molar-refractivity contribution in [2.24, 2.45) is 5.92 Å². The number of carbonyl (C=O) groups excluding carboxylic acids is 1. The Labute approximate surface area is 101 Å². The van der Waals surface area contributed by atoms with Crippen molar-refractivity contribution >= 4 is 16.0 Å². The summed E-state index contributed by atoms with van der Waals surface area (Å²) in [5.41, 5.74) is 0. The summed E-state index contributed by atoms with van der Waals surface area (Å²) in [6.07, 6.45) is 2.16. The lowest BCUT2D eigenvalue weighted by Crippen LogP contribution is -2.40. The van der Waals surface area contributed by atoms with Gasteiger partial charge in [0.1, 0.15) is 0 Å². The molecule has 2 atom stereocenters. The highest BCUT2D eigenvalue weighted by molar-refractivity contribution is 7.90. The Balaban J connectivity index is 2.55. The molecule has 17 heavy (non-hydrogen) atoms. The predicted octanol–water partition coefficient (Wildman–Crippen LogP) is 0.161. The van der Waals surface area contributed by atoms with Crippen LogP contribution in [0.3, 0.4) is 0 Å². The summed E-state index contributed by atoms with van der Waals surface area (Å²) < 4.78 is 30.2. The number of carbonyl (C=O) groups is 1. The number of ether oxygens (including phenoxy) is 1. The van der Waals surface area contributed by atoms with Gasteiger partial charge in [0.15, 0.2) is 5.75 Å². The molecule has 1 aliphatic rings. The van der Waals surface area contributed by atoms with Gasteiger partial charge in [-0.05, 0) is 19.8 Å². The molecule has 0 spiro atoms. The van der Waals surface area contributed by atoms with E-state index in [1.165, 1.54) is 0 Å². The first-order chi connectivity index (χ1) is 7.98. The topological polar surface area (TPSA) is 96.3 Å². The maximum absolute atomic E-state index is 11.6. The fourth-order valence-electron chi connectivity index (χ4n) is 1.89. The van der Waals surface area contributed by atoms with Crippen molar-refractivity contribution in [3.63, 3.8) is 0 Å². The molecule has 0 heterocycles. The number of esters is 1. The van der Waals surface area contributed by atoms with Gasteiger partial charge >= 0.3 is 5.97 Å². The molecule has 1 fully saturated rings. The SMILES string of the molecule is CCOC(=O)CS(=O)(=O)NC1CCCC1C#N. The number of hydrogen-bond acceptors (Lipinski definition) is 5. The maximum Gasteiger partial charge on any atom is 0.322 e. The average molecular weight is 260 g/mol. The van der Waals surface area contributed by atoms with E-state index in [1.807, 2.05) is 0 Å². The van der Waals surface area contributed by atoms with Crippen molar-refractivity contribution in [1.29, 1.82) is 5.26 Å². The van der Waals surface area contributed by atoms with Gasteiger partial charge in [0, 0.05) is 6.04 Å². The van der Waals surface area contributed by atoms with Gasteiger partial charge < -0.3 is 4.74 Å². The zero-order chi connectivity index (χ0) is 12.9. The molecule has 96 valence electrons. The predicted molar refractivity (Wildman–Crippen MR) is 60.3 cm³/mol. The van der Waals surface area contributed by atoms with Crippen LogP contribution in [-0.4, -0.2) is 32.8 Å². The number of sulfonamides is 1. The molecule has 6 nitrogen and oxygen atoms in total. The van der Waals surface area contributed by atoms with E-state index in [9.17, 15) is 13.2 Å². The average Bonchev–Trinajstić information content (AvgIpc) is 2.63. The van der Waals surface area contributed by atoms with Crippen LogP contribution in [0.15, 0.2) is 0 Å². The van der Waals surface area contributed by atoms with Gasteiger partial charge in [0.2, 0.25) is 10.0 Å². The highest BCUT2D eigenvalue weighted by atomic mass is 32.2. The minimum atomic E-state index is -3.71. The number of hydrogen-bond donors (Lipinski definition) is 1. The molecular formula is C10H16N2O4S. The van der Waals surface area contributed by atoms with E-state index in [-0.39, 0.29) is 18.6 Å². The van der Waals surface area contributed by atoms with Crippen LogP contribution >= 0.6 is 0 Å². The fraction of sp³-hybridized carbons (Fsp3) is 0.800. The molecule has 1 saturated carbocycles. The molecule has 0 aromatic heterocycles. The van der Waals surface area contributed by atoms with Crippen LogP contribution in [-0.2, 0) is 19.6 Å². The number of rotatable bonds is 5. The Morgan fingerprint density at radius 2 is 2.24 bits per heavy atom. The minimum Gasteiger partial charge on any atom is -0.465 e. The van der Waals surface area contributed by atoms with Crippen molar-refractivity contribution in [2.45, 2.75) is 32.2 Å². The molecule has 0 bridgehead atoms. The summed E-state index contributed by atoms with van der Waals surface area (Å²) in [5.74, 6) is -1.76. The van der Waals surface area contributed by atoms with Gasteiger partial charge in [0.25, 0.3) is 0 Å². The summed E-state index contributed by atoms with van der Waals surface area (Å²) >= 11 is 0. The van der Waals surface area contributed by atoms with Crippen molar-refractivity contribution in [3.8, 4) is 6.07 Å². The molecule has 1 rings (SSSR count).